The Morgan fingerprint density at radius 2 is 2.24 bits per heavy atom. The number of aliphatic hydroxyl groups is 1. The summed E-state index contributed by atoms with van der Waals surface area (Å²) in [5, 5.41) is 9.83. The van der Waals surface area contributed by atoms with Gasteiger partial charge in [-0.15, -0.1) is 0 Å². The Bertz CT molecular complexity index is 522. The fraction of sp³-hybridized carbons (Fsp3) is 0.533. The van der Waals surface area contributed by atoms with Crippen LogP contribution >= 0.6 is 0 Å². The van der Waals surface area contributed by atoms with E-state index in [0.717, 1.165) is 0 Å². The lowest BCUT2D eigenvalue weighted by Gasteiger charge is -2.27. The molecule has 21 heavy (non-hydrogen) atoms. The van der Waals surface area contributed by atoms with Gasteiger partial charge in [-0.25, -0.2) is 4.39 Å². The number of methoxy groups -OCH3 is 1. The number of likely N-dealkylation sites (tertiary alicyclic amines) is 1. The number of amides is 1. The molecule has 6 heteroatoms. The number of carbonyl (C=O) groups excluding carboxylic acids is 1. The summed E-state index contributed by atoms with van der Waals surface area (Å²) in [6, 6.07) is 4.02. The van der Waals surface area contributed by atoms with Crippen molar-refractivity contribution >= 4 is 5.91 Å². The van der Waals surface area contributed by atoms with Gasteiger partial charge in [0.1, 0.15) is 0 Å². The second-order valence-electron chi connectivity index (χ2n) is 5.61. The number of hydrogen-bond donors (Lipinski definition) is 1. The molecule has 0 bridgehead atoms. The van der Waals surface area contributed by atoms with Crippen molar-refractivity contribution in [2.45, 2.75) is 18.6 Å². The van der Waals surface area contributed by atoms with Gasteiger partial charge in [0.2, 0.25) is 0 Å². The van der Waals surface area contributed by atoms with Crippen LogP contribution in [0, 0.1) is 5.82 Å². The summed E-state index contributed by atoms with van der Waals surface area (Å²) in [4.78, 5) is 16.2. The molecule has 1 heterocycles. The number of benzene rings is 1. The summed E-state index contributed by atoms with van der Waals surface area (Å²) in [6.07, 6.45) is 0.0451. The number of aliphatic hydroxyl groups excluding tert-OH is 1. The second-order valence-corrected chi connectivity index (χ2v) is 5.61. The predicted molar refractivity (Wildman–Crippen MR) is 77.0 cm³/mol. The van der Waals surface area contributed by atoms with Gasteiger partial charge in [0.05, 0.1) is 13.2 Å². The van der Waals surface area contributed by atoms with E-state index in [1.165, 1.54) is 25.3 Å². The first-order valence-corrected chi connectivity index (χ1v) is 6.89. The largest absolute Gasteiger partial charge is 0.494 e. The molecule has 1 saturated heterocycles. The van der Waals surface area contributed by atoms with Crippen LogP contribution in [0.15, 0.2) is 18.2 Å². The fourth-order valence-corrected chi connectivity index (χ4v) is 2.69. The van der Waals surface area contributed by atoms with E-state index in [9.17, 15) is 14.3 Å². The Morgan fingerprint density at radius 1 is 1.52 bits per heavy atom. The van der Waals surface area contributed by atoms with Crippen molar-refractivity contribution < 1.29 is 19.0 Å². The molecule has 0 saturated carbocycles. The van der Waals surface area contributed by atoms with Gasteiger partial charge in [-0.2, -0.15) is 0 Å². The van der Waals surface area contributed by atoms with E-state index >= 15 is 0 Å². The summed E-state index contributed by atoms with van der Waals surface area (Å²) in [6.45, 7) is 0.984. The maximum Gasteiger partial charge on any atom is 0.254 e. The second kappa shape index (κ2) is 6.41. The van der Waals surface area contributed by atoms with Gasteiger partial charge in [-0.3, -0.25) is 4.79 Å². The number of nitrogens with zero attached hydrogens (tertiary/aromatic N) is 2. The minimum atomic E-state index is -0.513. The Hall–Kier alpha value is -1.66. The molecule has 2 atom stereocenters. The van der Waals surface area contributed by atoms with E-state index in [-0.39, 0.29) is 17.7 Å². The van der Waals surface area contributed by atoms with Crippen molar-refractivity contribution in [2.75, 3.05) is 34.3 Å². The molecule has 0 aromatic heterocycles. The Morgan fingerprint density at radius 3 is 2.86 bits per heavy atom. The standard InChI is InChI=1S/C15H21FN2O3/c1-17(2)8-11-7-12(19)9-18(11)15(20)10-4-5-13(16)14(6-10)21-3/h4-6,11-12,19H,7-9H2,1-3H3. The summed E-state index contributed by atoms with van der Waals surface area (Å²) < 4.78 is 18.3. The Labute approximate surface area is 123 Å². The molecule has 1 aliphatic heterocycles. The van der Waals surface area contributed by atoms with Gasteiger partial charge in [-0.1, -0.05) is 0 Å². The highest BCUT2D eigenvalue weighted by atomic mass is 19.1. The monoisotopic (exact) mass is 296 g/mol. The van der Waals surface area contributed by atoms with Gasteiger partial charge in [0, 0.05) is 24.7 Å². The molecule has 1 amide bonds. The van der Waals surface area contributed by atoms with E-state index in [0.29, 0.717) is 25.1 Å². The molecular weight excluding hydrogens is 275 g/mol. The summed E-state index contributed by atoms with van der Waals surface area (Å²) in [7, 11) is 5.21. The molecule has 0 radical (unpaired) electrons. The molecular formula is C15H21FN2O3. The van der Waals surface area contributed by atoms with Crippen LogP contribution in [0.3, 0.4) is 0 Å². The van der Waals surface area contributed by atoms with Crippen molar-refractivity contribution in [1.82, 2.24) is 9.80 Å². The van der Waals surface area contributed by atoms with E-state index in [1.54, 1.807) is 4.90 Å². The lowest BCUT2D eigenvalue weighted by Crippen LogP contribution is -2.41. The minimum absolute atomic E-state index is 0.0430. The van der Waals surface area contributed by atoms with Crippen molar-refractivity contribution in [3.8, 4) is 5.75 Å². The van der Waals surface area contributed by atoms with E-state index in [4.69, 9.17) is 4.74 Å². The third kappa shape index (κ3) is 3.51. The molecule has 1 aliphatic rings. The van der Waals surface area contributed by atoms with Gasteiger partial charge in [-0.05, 0) is 38.7 Å². The van der Waals surface area contributed by atoms with Crippen LogP contribution in [0.4, 0.5) is 4.39 Å². The first-order chi connectivity index (χ1) is 9.92. The smallest absolute Gasteiger partial charge is 0.254 e. The van der Waals surface area contributed by atoms with Crippen molar-refractivity contribution in [3.05, 3.63) is 29.6 Å². The summed E-state index contributed by atoms with van der Waals surface area (Å²) in [5.74, 6) is -0.665. The molecule has 1 fully saturated rings. The van der Waals surface area contributed by atoms with Crippen LogP contribution in [0.25, 0.3) is 0 Å². The molecule has 5 nitrogen and oxygen atoms in total. The number of hydrogen-bond acceptors (Lipinski definition) is 4. The fourth-order valence-electron chi connectivity index (χ4n) is 2.69. The zero-order valence-electron chi connectivity index (χ0n) is 12.5. The predicted octanol–water partition coefficient (Wildman–Crippen LogP) is 0.971. The molecule has 1 aromatic rings. The number of β-amino-alcohol motifs (C(OH)–C–C–N with tert-alkyl or cyclic N) is 1. The number of rotatable bonds is 4. The van der Waals surface area contributed by atoms with E-state index in [1.807, 2.05) is 19.0 Å². The van der Waals surface area contributed by atoms with Gasteiger partial charge < -0.3 is 19.6 Å². The number of likely N-dealkylation sites (N-methyl/N-ethyl adjacent to an activating group) is 1. The first-order valence-electron chi connectivity index (χ1n) is 6.89. The average molecular weight is 296 g/mol. The molecule has 116 valence electrons. The summed E-state index contributed by atoms with van der Waals surface area (Å²) >= 11 is 0. The van der Waals surface area contributed by atoms with Crippen LogP contribution in [-0.4, -0.2) is 67.3 Å². The highest BCUT2D eigenvalue weighted by Crippen LogP contribution is 2.24. The topological polar surface area (TPSA) is 53.0 Å². The minimum Gasteiger partial charge on any atom is -0.494 e. The number of ether oxygens (including phenoxy) is 1. The van der Waals surface area contributed by atoms with Crippen LogP contribution in [-0.2, 0) is 0 Å². The summed E-state index contributed by atoms with van der Waals surface area (Å²) in [5.41, 5.74) is 0.367. The Kier molecular flexibility index (Phi) is 4.80. The number of halogens is 1. The normalized spacial score (nSPS) is 21.9. The van der Waals surface area contributed by atoms with Crippen LogP contribution in [0.5, 0.6) is 5.75 Å². The maximum atomic E-state index is 13.4. The lowest BCUT2D eigenvalue weighted by molar-refractivity contribution is 0.0698. The highest BCUT2D eigenvalue weighted by molar-refractivity contribution is 5.95. The first kappa shape index (κ1) is 15.7. The third-order valence-electron chi connectivity index (χ3n) is 3.63. The van der Waals surface area contributed by atoms with Crippen LogP contribution in [0.1, 0.15) is 16.8 Å². The molecule has 0 spiro atoms. The molecule has 0 aliphatic carbocycles. The lowest BCUT2D eigenvalue weighted by atomic mass is 10.1. The van der Waals surface area contributed by atoms with Gasteiger partial charge in [0.15, 0.2) is 11.6 Å². The average Bonchev–Trinajstić information content (AvgIpc) is 2.78. The van der Waals surface area contributed by atoms with Gasteiger partial charge >= 0.3 is 0 Å². The van der Waals surface area contributed by atoms with Crippen molar-refractivity contribution in [2.24, 2.45) is 0 Å². The molecule has 1 N–H and O–H groups in total. The van der Waals surface area contributed by atoms with Crippen LogP contribution < -0.4 is 4.74 Å². The SMILES string of the molecule is COc1cc(C(=O)N2CC(O)CC2CN(C)C)ccc1F. The van der Waals surface area contributed by atoms with E-state index < -0.39 is 11.9 Å². The third-order valence-corrected chi connectivity index (χ3v) is 3.63. The van der Waals surface area contributed by atoms with Crippen molar-refractivity contribution in [3.63, 3.8) is 0 Å². The maximum absolute atomic E-state index is 13.4. The molecule has 1 aromatic carbocycles. The molecule has 2 unspecified atom stereocenters. The van der Waals surface area contributed by atoms with E-state index in [2.05, 4.69) is 0 Å². The zero-order chi connectivity index (χ0) is 15.6. The zero-order valence-corrected chi connectivity index (χ0v) is 12.5. The quantitative estimate of drug-likeness (QED) is 0.899. The molecule has 2 rings (SSSR count). The number of carbonyl (C=O) groups is 1. The highest BCUT2D eigenvalue weighted by Gasteiger charge is 2.35. The Balaban J connectivity index is 2.21. The van der Waals surface area contributed by atoms with Crippen LogP contribution in [0.2, 0.25) is 0 Å². The van der Waals surface area contributed by atoms with Gasteiger partial charge in [0.25, 0.3) is 5.91 Å². The van der Waals surface area contributed by atoms with Crippen molar-refractivity contribution in [1.29, 1.82) is 0 Å².